The lowest BCUT2D eigenvalue weighted by atomic mass is 10.0. The zero-order valence-corrected chi connectivity index (χ0v) is 14.5. The quantitative estimate of drug-likeness (QED) is 0.783. The molecule has 0 aromatic carbocycles. The van der Waals surface area contributed by atoms with Gasteiger partial charge in [-0.05, 0) is 13.8 Å². The molecule has 0 aromatic rings. The second-order valence-corrected chi connectivity index (χ2v) is 6.12. The second-order valence-electron chi connectivity index (χ2n) is 6.12. The molecule has 2 fully saturated rings. The van der Waals surface area contributed by atoms with Gasteiger partial charge in [-0.2, -0.15) is 0 Å². The molecule has 1 atom stereocenters. The van der Waals surface area contributed by atoms with Crippen LogP contribution in [0.15, 0.2) is 0 Å². The Kier molecular flexibility index (Phi) is 8.51. The van der Waals surface area contributed by atoms with E-state index in [4.69, 9.17) is 4.74 Å². The summed E-state index contributed by atoms with van der Waals surface area (Å²) in [7, 11) is 0. The monoisotopic (exact) mass is 363 g/mol. The number of rotatable bonds is 4. The highest BCUT2D eigenvalue weighted by Crippen LogP contribution is 2.25. The van der Waals surface area contributed by atoms with Crippen molar-refractivity contribution < 1.29 is 18.3 Å². The third kappa shape index (κ3) is 5.77. The lowest BCUT2D eigenvalue weighted by Gasteiger charge is -2.41. The Hall–Kier alpha value is -0.210. The van der Waals surface area contributed by atoms with Crippen LogP contribution >= 0.6 is 24.8 Å². The van der Waals surface area contributed by atoms with Gasteiger partial charge in [0.25, 0.3) is 5.92 Å². The number of amides is 1. The zero-order chi connectivity index (χ0) is 14.8. The topological polar surface area (TPSA) is 53.6 Å². The Morgan fingerprint density at radius 1 is 1.36 bits per heavy atom. The molecule has 0 spiro atoms. The SMILES string of the molecule is CC(C)(CNC(=O)C1CC(F)(F)CN1)N1CCOCC1.Cl.Cl. The summed E-state index contributed by atoms with van der Waals surface area (Å²) in [4.78, 5) is 14.2. The van der Waals surface area contributed by atoms with Gasteiger partial charge < -0.3 is 10.1 Å². The van der Waals surface area contributed by atoms with E-state index in [2.05, 4.69) is 15.5 Å². The maximum absolute atomic E-state index is 13.1. The molecule has 2 heterocycles. The average Bonchev–Trinajstić information content (AvgIpc) is 2.78. The van der Waals surface area contributed by atoms with Gasteiger partial charge in [0.05, 0.1) is 25.8 Å². The summed E-state index contributed by atoms with van der Waals surface area (Å²) < 4.78 is 31.4. The van der Waals surface area contributed by atoms with E-state index in [9.17, 15) is 13.6 Å². The normalized spacial score (nSPS) is 25.0. The third-order valence-electron chi connectivity index (χ3n) is 3.99. The summed E-state index contributed by atoms with van der Waals surface area (Å²) in [6.45, 7) is 7.12. The van der Waals surface area contributed by atoms with Crippen LogP contribution in [-0.4, -0.2) is 67.7 Å². The van der Waals surface area contributed by atoms with Crippen molar-refractivity contribution in [2.45, 2.75) is 37.8 Å². The minimum atomic E-state index is -2.78. The molecule has 5 nitrogen and oxygen atoms in total. The van der Waals surface area contributed by atoms with Crippen LogP contribution in [0.3, 0.4) is 0 Å². The molecule has 0 aliphatic carbocycles. The molecule has 2 rings (SSSR count). The first-order valence-electron chi connectivity index (χ1n) is 7.02. The molecule has 2 aliphatic heterocycles. The van der Waals surface area contributed by atoms with Gasteiger partial charge in [0.2, 0.25) is 5.91 Å². The van der Waals surface area contributed by atoms with E-state index in [1.807, 2.05) is 13.8 Å². The van der Waals surface area contributed by atoms with E-state index in [1.165, 1.54) is 0 Å². The van der Waals surface area contributed by atoms with Crippen LogP contribution in [0.5, 0.6) is 0 Å². The smallest absolute Gasteiger partial charge is 0.262 e. The Labute approximate surface area is 142 Å². The van der Waals surface area contributed by atoms with Gasteiger partial charge in [0.1, 0.15) is 0 Å². The van der Waals surface area contributed by atoms with E-state index >= 15 is 0 Å². The van der Waals surface area contributed by atoms with Crippen LogP contribution in [-0.2, 0) is 9.53 Å². The predicted molar refractivity (Wildman–Crippen MR) is 85.3 cm³/mol. The molecular formula is C13H25Cl2F2N3O2. The van der Waals surface area contributed by atoms with E-state index < -0.39 is 24.9 Å². The number of alkyl halides is 2. The summed E-state index contributed by atoms with van der Waals surface area (Å²) >= 11 is 0. The molecule has 9 heteroatoms. The summed E-state index contributed by atoms with van der Waals surface area (Å²) in [6.07, 6.45) is -0.420. The number of nitrogens with one attached hydrogen (secondary N) is 2. The van der Waals surface area contributed by atoms with Gasteiger partial charge in [-0.15, -0.1) is 24.8 Å². The van der Waals surface area contributed by atoms with Crippen LogP contribution in [0.25, 0.3) is 0 Å². The first-order valence-corrected chi connectivity index (χ1v) is 7.02. The maximum atomic E-state index is 13.1. The highest BCUT2D eigenvalue weighted by Gasteiger charge is 2.42. The Balaban J connectivity index is 0.00000220. The fraction of sp³-hybridized carbons (Fsp3) is 0.923. The van der Waals surface area contributed by atoms with Crippen molar-refractivity contribution >= 4 is 30.7 Å². The van der Waals surface area contributed by atoms with Crippen molar-refractivity contribution in [1.82, 2.24) is 15.5 Å². The average molecular weight is 364 g/mol. The molecule has 2 aliphatic rings. The summed E-state index contributed by atoms with van der Waals surface area (Å²) in [6, 6.07) is -0.787. The van der Waals surface area contributed by atoms with Gasteiger partial charge in [0.15, 0.2) is 0 Å². The molecule has 1 amide bonds. The number of halogens is 4. The number of ether oxygens (including phenoxy) is 1. The van der Waals surface area contributed by atoms with Crippen LogP contribution in [0, 0.1) is 0 Å². The van der Waals surface area contributed by atoms with Gasteiger partial charge in [-0.25, -0.2) is 8.78 Å². The minimum Gasteiger partial charge on any atom is -0.379 e. The molecule has 0 bridgehead atoms. The van der Waals surface area contributed by atoms with Crippen molar-refractivity contribution in [1.29, 1.82) is 0 Å². The van der Waals surface area contributed by atoms with Gasteiger partial charge in [0, 0.05) is 31.6 Å². The summed E-state index contributed by atoms with van der Waals surface area (Å²) in [5.41, 5.74) is -0.208. The van der Waals surface area contributed by atoms with Crippen LogP contribution in [0.4, 0.5) is 8.78 Å². The molecule has 1 unspecified atom stereocenters. The number of nitrogens with zero attached hydrogens (tertiary/aromatic N) is 1. The standard InChI is InChI=1S/C13H23F2N3O2.2ClH/c1-12(2,18-3-5-20-6-4-18)8-17-11(19)10-7-13(14,15)9-16-10;;/h10,16H,3-9H2,1-2H3,(H,17,19);2*1H. The summed E-state index contributed by atoms with van der Waals surface area (Å²) in [5, 5.41) is 5.35. The zero-order valence-electron chi connectivity index (χ0n) is 12.9. The van der Waals surface area contributed by atoms with Crippen LogP contribution < -0.4 is 10.6 Å². The largest absolute Gasteiger partial charge is 0.379 e. The molecule has 132 valence electrons. The maximum Gasteiger partial charge on any atom is 0.262 e. The van der Waals surface area contributed by atoms with E-state index in [0.717, 1.165) is 13.1 Å². The van der Waals surface area contributed by atoms with Gasteiger partial charge in [-0.3, -0.25) is 15.0 Å². The number of hydrogen-bond donors (Lipinski definition) is 2. The minimum absolute atomic E-state index is 0. The fourth-order valence-corrected chi connectivity index (χ4v) is 2.61. The summed E-state index contributed by atoms with van der Waals surface area (Å²) in [5.74, 6) is -3.12. The highest BCUT2D eigenvalue weighted by atomic mass is 35.5. The van der Waals surface area contributed by atoms with E-state index in [-0.39, 0.29) is 36.3 Å². The van der Waals surface area contributed by atoms with Crippen molar-refractivity contribution in [3.05, 3.63) is 0 Å². The van der Waals surface area contributed by atoms with Crippen molar-refractivity contribution in [2.75, 3.05) is 39.4 Å². The van der Waals surface area contributed by atoms with Crippen molar-refractivity contribution in [2.24, 2.45) is 0 Å². The second kappa shape index (κ2) is 8.59. The van der Waals surface area contributed by atoms with Crippen molar-refractivity contribution in [3.63, 3.8) is 0 Å². The molecular weight excluding hydrogens is 339 g/mol. The number of hydrogen-bond acceptors (Lipinski definition) is 4. The van der Waals surface area contributed by atoms with Crippen LogP contribution in [0.1, 0.15) is 20.3 Å². The lowest BCUT2D eigenvalue weighted by molar-refractivity contribution is -0.124. The lowest BCUT2D eigenvalue weighted by Crippen LogP contribution is -2.56. The fourth-order valence-electron chi connectivity index (χ4n) is 2.61. The Morgan fingerprint density at radius 3 is 2.45 bits per heavy atom. The molecule has 2 N–H and O–H groups in total. The predicted octanol–water partition coefficient (Wildman–Crippen LogP) is 1.05. The Morgan fingerprint density at radius 2 is 1.95 bits per heavy atom. The van der Waals surface area contributed by atoms with Crippen molar-refractivity contribution in [3.8, 4) is 0 Å². The first kappa shape index (κ1) is 21.8. The first-order chi connectivity index (χ1) is 9.30. The highest BCUT2D eigenvalue weighted by molar-refractivity contribution is 5.85. The van der Waals surface area contributed by atoms with Gasteiger partial charge >= 0.3 is 0 Å². The number of morpholine rings is 1. The van der Waals surface area contributed by atoms with E-state index in [0.29, 0.717) is 19.8 Å². The van der Waals surface area contributed by atoms with Gasteiger partial charge in [-0.1, -0.05) is 0 Å². The number of carbonyl (C=O) groups is 1. The number of carbonyl (C=O) groups excluding carboxylic acids is 1. The molecule has 22 heavy (non-hydrogen) atoms. The Bertz CT molecular complexity index is 367. The third-order valence-corrected chi connectivity index (χ3v) is 3.99. The molecule has 2 saturated heterocycles. The molecule has 0 radical (unpaired) electrons. The molecule has 0 aromatic heterocycles. The molecule has 0 saturated carbocycles. The van der Waals surface area contributed by atoms with E-state index in [1.54, 1.807) is 0 Å². The van der Waals surface area contributed by atoms with Crippen LogP contribution in [0.2, 0.25) is 0 Å².